The number of aliphatic hydroxyl groups is 1. The quantitative estimate of drug-likeness (QED) is 0.0373. The molecule has 0 aliphatic heterocycles. The Morgan fingerprint density at radius 2 is 0.606 bits per heavy atom. The van der Waals surface area contributed by atoms with Crippen molar-refractivity contribution in [2.45, 2.75) is 296 Å². The van der Waals surface area contributed by atoms with Crippen molar-refractivity contribution < 1.29 is 24.2 Å². The van der Waals surface area contributed by atoms with E-state index >= 15 is 0 Å². The van der Waals surface area contributed by atoms with Gasteiger partial charge < -0.3 is 14.6 Å². The lowest BCUT2D eigenvalue weighted by atomic mass is 10.0. The minimum atomic E-state index is -0.781. The number of esters is 2. The maximum Gasteiger partial charge on any atom is 0.306 e. The maximum absolute atomic E-state index is 12.3. The second kappa shape index (κ2) is 61.1. The van der Waals surface area contributed by atoms with E-state index in [9.17, 15) is 14.7 Å². The van der Waals surface area contributed by atoms with Crippen LogP contribution in [0.3, 0.4) is 0 Å². The number of hydrogen-bond donors (Lipinski definition) is 1. The molecule has 0 aliphatic rings. The second-order valence-electron chi connectivity index (χ2n) is 20.1. The number of allylic oxidation sites excluding steroid dienone is 16. The molecule has 0 spiro atoms. The van der Waals surface area contributed by atoms with E-state index in [0.717, 1.165) is 96.3 Å². The molecule has 408 valence electrons. The molecule has 0 amide bonds. The molecule has 0 aromatic rings. The monoisotopic (exact) mass is 987 g/mol. The lowest BCUT2D eigenvalue weighted by Gasteiger charge is -2.15. The predicted octanol–water partition coefficient (Wildman–Crippen LogP) is 20.7. The van der Waals surface area contributed by atoms with Gasteiger partial charge in [-0.15, -0.1) is 0 Å². The number of ether oxygens (including phenoxy) is 2. The number of unbranched alkanes of at least 4 members (excludes halogenated alkanes) is 31. The van der Waals surface area contributed by atoms with Gasteiger partial charge >= 0.3 is 11.9 Å². The summed E-state index contributed by atoms with van der Waals surface area (Å²) in [4.78, 5) is 24.6. The van der Waals surface area contributed by atoms with Crippen LogP contribution < -0.4 is 0 Å². The van der Waals surface area contributed by atoms with E-state index in [1.807, 2.05) is 0 Å². The molecule has 5 heteroatoms. The van der Waals surface area contributed by atoms with Crippen molar-refractivity contribution in [2.24, 2.45) is 0 Å². The summed E-state index contributed by atoms with van der Waals surface area (Å²) < 4.78 is 10.7. The lowest BCUT2D eigenvalue weighted by Crippen LogP contribution is -2.28. The van der Waals surface area contributed by atoms with Crippen LogP contribution in [0.4, 0.5) is 0 Å². The third-order valence-corrected chi connectivity index (χ3v) is 13.1. The highest BCUT2D eigenvalue weighted by molar-refractivity contribution is 5.70. The molecule has 0 aromatic carbocycles. The largest absolute Gasteiger partial charge is 0.462 e. The summed E-state index contributed by atoms with van der Waals surface area (Å²) in [6, 6.07) is 0. The van der Waals surface area contributed by atoms with Crippen molar-refractivity contribution in [3.63, 3.8) is 0 Å². The van der Waals surface area contributed by atoms with Crippen molar-refractivity contribution >= 4 is 11.9 Å². The molecule has 0 rings (SSSR count). The SMILES string of the molecule is CC/C=C\C/C=C\C/C=C\C/C=C\C/C=C\C/C=C\C/C=C\C/C=C\CCCCCCCCCCC(=O)OC(CO)COC(=O)CCCCCCCCCCCCCCCCCCCCCCCCCC. The van der Waals surface area contributed by atoms with Crippen LogP contribution in [0.25, 0.3) is 0 Å². The smallest absolute Gasteiger partial charge is 0.306 e. The molecular weight excluding hydrogens is 873 g/mol. The lowest BCUT2D eigenvalue weighted by molar-refractivity contribution is -0.161. The number of carbonyl (C=O) groups excluding carboxylic acids is 2. The summed E-state index contributed by atoms with van der Waals surface area (Å²) in [6.45, 7) is 4.05. The summed E-state index contributed by atoms with van der Waals surface area (Å²) in [6.07, 6.45) is 86.8. The van der Waals surface area contributed by atoms with E-state index in [-0.39, 0.29) is 25.2 Å². The number of aliphatic hydroxyl groups excluding tert-OH is 1. The fourth-order valence-corrected chi connectivity index (χ4v) is 8.63. The molecule has 1 unspecified atom stereocenters. The van der Waals surface area contributed by atoms with Crippen LogP contribution in [0.1, 0.15) is 290 Å². The van der Waals surface area contributed by atoms with Gasteiger partial charge in [0.05, 0.1) is 6.61 Å². The highest BCUT2D eigenvalue weighted by Gasteiger charge is 2.16. The molecule has 5 nitrogen and oxygen atoms in total. The zero-order chi connectivity index (χ0) is 51.3. The Morgan fingerprint density at radius 3 is 0.915 bits per heavy atom. The predicted molar refractivity (Wildman–Crippen MR) is 311 cm³/mol. The van der Waals surface area contributed by atoms with Crippen molar-refractivity contribution in [3.8, 4) is 0 Å². The van der Waals surface area contributed by atoms with Crippen LogP contribution in [-0.4, -0.2) is 36.4 Å². The molecule has 0 saturated heterocycles. The normalized spacial score (nSPS) is 12.9. The molecule has 0 heterocycles. The van der Waals surface area contributed by atoms with Crippen molar-refractivity contribution in [1.29, 1.82) is 0 Å². The summed E-state index contributed by atoms with van der Waals surface area (Å²) in [7, 11) is 0. The van der Waals surface area contributed by atoms with Gasteiger partial charge in [0.2, 0.25) is 0 Å². The molecule has 0 radical (unpaired) electrons. The van der Waals surface area contributed by atoms with Gasteiger partial charge in [-0.3, -0.25) is 9.59 Å². The van der Waals surface area contributed by atoms with Gasteiger partial charge in [-0.1, -0.05) is 297 Å². The van der Waals surface area contributed by atoms with Gasteiger partial charge in [0.25, 0.3) is 0 Å². The van der Waals surface area contributed by atoms with Crippen molar-refractivity contribution in [2.75, 3.05) is 13.2 Å². The van der Waals surface area contributed by atoms with Gasteiger partial charge in [-0.2, -0.15) is 0 Å². The fourth-order valence-electron chi connectivity index (χ4n) is 8.63. The van der Waals surface area contributed by atoms with E-state index in [4.69, 9.17) is 9.47 Å². The molecule has 0 aliphatic carbocycles. The zero-order valence-electron chi connectivity index (χ0n) is 46.7. The molecule has 0 fully saturated rings. The Labute approximate surface area is 440 Å². The summed E-state index contributed by atoms with van der Waals surface area (Å²) >= 11 is 0. The Balaban J connectivity index is 3.53. The summed E-state index contributed by atoms with van der Waals surface area (Å²) in [5.41, 5.74) is 0. The van der Waals surface area contributed by atoms with Gasteiger partial charge in [0.1, 0.15) is 6.61 Å². The maximum atomic E-state index is 12.3. The third-order valence-electron chi connectivity index (χ3n) is 13.1. The van der Waals surface area contributed by atoms with Crippen LogP contribution in [0, 0.1) is 0 Å². The first-order valence-electron chi connectivity index (χ1n) is 30.3. The van der Waals surface area contributed by atoms with Crippen LogP contribution >= 0.6 is 0 Å². The minimum Gasteiger partial charge on any atom is -0.462 e. The Morgan fingerprint density at radius 1 is 0.338 bits per heavy atom. The second-order valence-corrected chi connectivity index (χ2v) is 20.1. The molecule has 1 atom stereocenters. The summed E-state index contributed by atoms with van der Waals surface area (Å²) in [5, 5.41) is 9.67. The summed E-state index contributed by atoms with van der Waals surface area (Å²) in [5.74, 6) is -0.593. The van der Waals surface area contributed by atoms with E-state index in [2.05, 4.69) is 111 Å². The molecular formula is C66H114O5. The van der Waals surface area contributed by atoms with Gasteiger partial charge in [-0.25, -0.2) is 0 Å². The van der Waals surface area contributed by atoms with Crippen LogP contribution in [0.2, 0.25) is 0 Å². The van der Waals surface area contributed by atoms with Crippen LogP contribution in [-0.2, 0) is 19.1 Å². The Kier molecular flexibility index (Phi) is 58.4. The fraction of sp³-hybridized carbons (Fsp3) is 0.727. The topological polar surface area (TPSA) is 72.8 Å². The van der Waals surface area contributed by atoms with Crippen LogP contribution in [0.5, 0.6) is 0 Å². The Bertz CT molecular complexity index is 1350. The van der Waals surface area contributed by atoms with E-state index in [0.29, 0.717) is 12.8 Å². The van der Waals surface area contributed by atoms with E-state index in [1.165, 1.54) is 167 Å². The average Bonchev–Trinajstić information content (AvgIpc) is 3.37. The average molecular weight is 988 g/mol. The minimum absolute atomic E-state index is 0.0704. The molecule has 0 aromatic heterocycles. The van der Waals surface area contributed by atoms with Crippen molar-refractivity contribution in [3.05, 3.63) is 97.2 Å². The van der Waals surface area contributed by atoms with E-state index in [1.54, 1.807) is 0 Å². The molecule has 1 N–H and O–H groups in total. The zero-order valence-corrected chi connectivity index (χ0v) is 46.7. The first-order chi connectivity index (χ1) is 35.1. The number of hydrogen-bond acceptors (Lipinski definition) is 5. The first-order valence-corrected chi connectivity index (χ1v) is 30.3. The van der Waals surface area contributed by atoms with Crippen molar-refractivity contribution in [1.82, 2.24) is 0 Å². The Hall–Kier alpha value is -3.18. The van der Waals surface area contributed by atoms with E-state index < -0.39 is 6.10 Å². The molecule has 71 heavy (non-hydrogen) atoms. The number of carbonyl (C=O) groups is 2. The first kappa shape index (κ1) is 67.8. The number of rotatable bonds is 55. The van der Waals surface area contributed by atoms with Gasteiger partial charge in [0.15, 0.2) is 6.10 Å². The highest BCUT2D eigenvalue weighted by atomic mass is 16.6. The van der Waals surface area contributed by atoms with Gasteiger partial charge in [0, 0.05) is 12.8 Å². The van der Waals surface area contributed by atoms with Gasteiger partial charge in [-0.05, 0) is 77.0 Å². The third kappa shape index (κ3) is 59.3. The standard InChI is InChI=1S/C66H114O5/c1-3-5-7-9-11-13-15-17-19-21-23-25-27-29-30-31-32-33-34-35-36-37-39-41-43-45-47-49-51-53-55-57-59-61-66(69)71-64(62-67)63-70-65(68)60-58-56-54-52-50-48-46-44-42-40-38-28-26-24-22-20-18-16-14-12-10-8-6-4-2/h5,7,11,13,17,19,23,25,29-30,32-33,35-36,39,41,64,67H,3-4,6,8-10,12,14-16,18,20-22,24,26-28,31,34,37-38,40,42-63H2,1-2H3/b7-5-,13-11-,19-17-,25-23-,30-29-,33-32-,36-35-,41-39-. The molecule has 0 saturated carbocycles. The molecule has 0 bridgehead atoms. The highest BCUT2D eigenvalue weighted by Crippen LogP contribution is 2.17. The van der Waals surface area contributed by atoms with Crippen LogP contribution in [0.15, 0.2) is 97.2 Å².